The molecule has 106 valence electrons. The van der Waals surface area contributed by atoms with E-state index in [1.54, 1.807) is 0 Å². The number of H-pyrrole nitrogens is 1. The van der Waals surface area contributed by atoms with Crippen LogP contribution in [0, 0.1) is 0 Å². The molecule has 1 amide bonds. The van der Waals surface area contributed by atoms with Crippen LogP contribution in [0.5, 0.6) is 0 Å². The van der Waals surface area contributed by atoms with Crippen LogP contribution in [0.3, 0.4) is 0 Å². The lowest BCUT2D eigenvalue weighted by Gasteiger charge is -2.32. The molecule has 1 aliphatic rings. The number of rotatable bonds is 4. The average Bonchev–Trinajstić information content (AvgIpc) is 2.87. The average molecular weight is 265 g/mol. The second-order valence-electron chi connectivity index (χ2n) is 5.54. The largest absolute Gasteiger partial charge is 0.348 e. The second-order valence-corrected chi connectivity index (χ2v) is 5.54. The molecule has 1 aromatic rings. The number of hydrogen-bond acceptors (Lipinski definition) is 4. The zero-order chi connectivity index (χ0) is 13.8. The summed E-state index contributed by atoms with van der Waals surface area (Å²) in [7, 11) is 2.11. The van der Waals surface area contributed by atoms with Crippen molar-refractivity contribution in [3.63, 3.8) is 0 Å². The fraction of sp³-hybridized carbons (Fsp3) is 0.769. The fourth-order valence-electron chi connectivity index (χ4n) is 2.33. The van der Waals surface area contributed by atoms with Crippen LogP contribution in [0.1, 0.15) is 55.5 Å². The van der Waals surface area contributed by atoms with Crippen molar-refractivity contribution in [2.45, 2.75) is 45.1 Å². The number of carbonyl (C=O) groups is 1. The summed E-state index contributed by atoms with van der Waals surface area (Å²) in [5, 5.41) is 9.68. The molecular weight excluding hydrogens is 242 g/mol. The number of nitrogens with one attached hydrogen (secondary N) is 2. The monoisotopic (exact) mass is 265 g/mol. The van der Waals surface area contributed by atoms with E-state index in [1.807, 2.05) is 13.8 Å². The second kappa shape index (κ2) is 6.14. The van der Waals surface area contributed by atoms with Crippen LogP contribution in [0.4, 0.5) is 0 Å². The summed E-state index contributed by atoms with van der Waals surface area (Å²) in [4.78, 5) is 18.5. The molecular formula is C13H23N5O. The maximum Gasteiger partial charge on any atom is 0.291 e. The van der Waals surface area contributed by atoms with E-state index >= 15 is 0 Å². The van der Waals surface area contributed by atoms with Crippen molar-refractivity contribution in [3.05, 3.63) is 11.6 Å². The number of aromatic nitrogens is 3. The Bertz CT molecular complexity index is 428. The molecule has 19 heavy (non-hydrogen) atoms. The molecule has 1 unspecified atom stereocenters. The first-order chi connectivity index (χ1) is 9.08. The number of nitrogens with zero attached hydrogens (tertiary/aromatic N) is 3. The fourth-order valence-corrected chi connectivity index (χ4v) is 2.33. The molecule has 1 atom stereocenters. The summed E-state index contributed by atoms with van der Waals surface area (Å²) >= 11 is 0. The Morgan fingerprint density at radius 1 is 1.53 bits per heavy atom. The lowest BCUT2D eigenvalue weighted by molar-refractivity contribution is 0.0918. The van der Waals surface area contributed by atoms with Gasteiger partial charge < -0.3 is 10.2 Å². The SMILES string of the molecule is CC(C)c1nc(C(=O)NCC2CCCCN2C)n[nH]1. The van der Waals surface area contributed by atoms with E-state index in [9.17, 15) is 4.79 Å². The highest BCUT2D eigenvalue weighted by Crippen LogP contribution is 2.14. The van der Waals surface area contributed by atoms with Gasteiger partial charge in [0.05, 0.1) is 0 Å². The third-order valence-corrected chi connectivity index (χ3v) is 3.67. The Morgan fingerprint density at radius 2 is 2.32 bits per heavy atom. The molecule has 6 heteroatoms. The van der Waals surface area contributed by atoms with E-state index in [1.165, 1.54) is 12.8 Å². The van der Waals surface area contributed by atoms with Crippen LogP contribution >= 0.6 is 0 Å². The Kier molecular flexibility index (Phi) is 4.52. The van der Waals surface area contributed by atoms with Crippen LogP contribution in [0.2, 0.25) is 0 Å². The van der Waals surface area contributed by atoms with Gasteiger partial charge in [-0.1, -0.05) is 20.3 Å². The summed E-state index contributed by atoms with van der Waals surface area (Å²) in [5.41, 5.74) is 0. The van der Waals surface area contributed by atoms with Crippen LogP contribution in [0.25, 0.3) is 0 Å². The maximum atomic E-state index is 12.0. The highest BCUT2D eigenvalue weighted by Gasteiger charge is 2.20. The molecule has 0 bridgehead atoms. The maximum absolute atomic E-state index is 12.0. The summed E-state index contributed by atoms with van der Waals surface area (Å²) in [6, 6.07) is 0.432. The first-order valence-electron chi connectivity index (χ1n) is 6.98. The molecule has 2 rings (SSSR count). The lowest BCUT2D eigenvalue weighted by Crippen LogP contribution is -2.44. The van der Waals surface area contributed by atoms with Crippen LogP contribution in [0.15, 0.2) is 0 Å². The summed E-state index contributed by atoms with van der Waals surface area (Å²) in [6.45, 7) is 5.80. The predicted octanol–water partition coefficient (Wildman–Crippen LogP) is 1.14. The molecule has 0 spiro atoms. The number of likely N-dealkylation sites (tertiary alicyclic amines) is 1. The van der Waals surface area contributed by atoms with Crippen LogP contribution in [-0.2, 0) is 0 Å². The lowest BCUT2D eigenvalue weighted by atomic mass is 10.0. The van der Waals surface area contributed by atoms with Gasteiger partial charge in [-0.3, -0.25) is 9.89 Å². The molecule has 1 saturated heterocycles. The number of piperidine rings is 1. The molecule has 1 aliphatic heterocycles. The minimum absolute atomic E-state index is 0.192. The van der Waals surface area contributed by atoms with Gasteiger partial charge in [0.2, 0.25) is 5.82 Å². The van der Waals surface area contributed by atoms with Crippen LogP contribution < -0.4 is 5.32 Å². The first-order valence-corrected chi connectivity index (χ1v) is 6.98. The Balaban J connectivity index is 1.86. The van der Waals surface area contributed by atoms with E-state index in [0.717, 1.165) is 18.8 Å². The molecule has 0 aromatic carbocycles. The smallest absolute Gasteiger partial charge is 0.291 e. The van der Waals surface area contributed by atoms with Gasteiger partial charge in [-0.2, -0.15) is 0 Å². The van der Waals surface area contributed by atoms with Crippen molar-refractivity contribution in [3.8, 4) is 0 Å². The van der Waals surface area contributed by atoms with Gasteiger partial charge >= 0.3 is 0 Å². The summed E-state index contributed by atoms with van der Waals surface area (Å²) < 4.78 is 0. The van der Waals surface area contributed by atoms with Gasteiger partial charge in [0.25, 0.3) is 5.91 Å². The summed E-state index contributed by atoms with van der Waals surface area (Å²) in [5.74, 6) is 1.04. The van der Waals surface area contributed by atoms with Gasteiger partial charge in [0, 0.05) is 18.5 Å². The number of likely N-dealkylation sites (N-methyl/N-ethyl adjacent to an activating group) is 1. The van der Waals surface area contributed by atoms with E-state index < -0.39 is 0 Å². The zero-order valence-electron chi connectivity index (χ0n) is 11.9. The first kappa shape index (κ1) is 14.0. The molecule has 0 radical (unpaired) electrons. The van der Waals surface area contributed by atoms with Gasteiger partial charge in [-0.15, -0.1) is 5.10 Å². The van der Waals surface area contributed by atoms with Crippen molar-refractivity contribution in [2.75, 3.05) is 20.1 Å². The van der Waals surface area contributed by atoms with Gasteiger partial charge in [0.15, 0.2) is 0 Å². The standard InChI is InChI=1S/C13H23N5O/c1-9(2)11-15-12(17-16-11)13(19)14-8-10-6-4-5-7-18(10)3/h9-10H,4-8H2,1-3H3,(H,14,19)(H,15,16,17). The predicted molar refractivity (Wildman–Crippen MR) is 73.1 cm³/mol. The van der Waals surface area contributed by atoms with E-state index in [0.29, 0.717) is 12.6 Å². The topological polar surface area (TPSA) is 73.9 Å². The van der Waals surface area contributed by atoms with Crippen molar-refractivity contribution < 1.29 is 4.79 Å². The van der Waals surface area contributed by atoms with Crippen molar-refractivity contribution in [2.24, 2.45) is 0 Å². The van der Waals surface area contributed by atoms with E-state index in [2.05, 4.69) is 32.4 Å². The van der Waals surface area contributed by atoms with Crippen molar-refractivity contribution in [1.82, 2.24) is 25.4 Å². The quantitative estimate of drug-likeness (QED) is 0.856. The van der Waals surface area contributed by atoms with Gasteiger partial charge in [-0.05, 0) is 26.4 Å². The Hall–Kier alpha value is -1.43. The Labute approximate surface area is 114 Å². The molecule has 0 saturated carbocycles. The number of carbonyl (C=O) groups excluding carboxylic acids is 1. The molecule has 1 fully saturated rings. The van der Waals surface area contributed by atoms with Gasteiger partial charge in [-0.25, -0.2) is 4.98 Å². The third-order valence-electron chi connectivity index (χ3n) is 3.67. The zero-order valence-corrected chi connectivity index (χ0v) is 11.9. The highest BCUT2D eigenvalue weighted by molar-refractivity contribution is 5.90. The third kappa shape index (κ3) is 3.53. The number of amides is 1. The van der Waals surface area contributed by atoms with Crippen molar-refractivity contribution >= 4 is 5.91 Å². The molecule has 6 nitrogen and oxygen atoms in total. The van der Waals surface area contributed by atoms with Crippen molar-refractivity contribution in [1.29, 1.82) is 0 Å². The van der Waals surface area contributed by atoms with E-state index in [4.69, 9.17) is 0 Å². The Morgan fingerprint density at radius 3 is 2.95 bits per heavy atom. The number of aromatic amines is 1. The number of hydrogen-bond donors (Lipinski definition) is 2. The minimum Gasteiger partial charge on any atom is -0.348 e. The highest BCUT2D eigenvalue weighted by atomic mass is 16.2. The summed E-state index contributed by atoms with van der Waals surface area (Å²) in [6.07, 6.45) is 3.63. The minimum atomic E-state index is -0.192. The molecule has 0 aliphatic carbocycles. The van der Waals surface area contributed by atoms with E-state index in [-0.39, 0.29) is 17.6 Å². The van der Waals surface area contributed by atoms with Crippen LogP contribution in [-0.4, -0.2) is 52.2 Å². The molecule has 2 heterocycles. The molecule has 1 aromatic heterocycles. The molecule has 2 N–H and O–H groups in total. The van der Waals surface area contributed by atoms with Gasteiger partial charge in [0.1, 0.15) is 5.82 Å². The normalized spacial score (nSPS) is 20.7.